The number of aromatic nitrogens is 3. The predicted molar refractivity (Wildman–Crippen MR) is 138 cm³/mol. The number of ether oxygens (including phenoxy) is 2. The number of rotatable bonds is 6. The van der Waals surface area contributed by atoms with Crippen LogP contribution in [0.5, 0.6) is 0 Å². The average Bonchev–Trinajstić information content (AvgIpc) is 3.51. The maximum atomic E-state index is 13.5. The van der Waals surface area contributed by atoms with Crippen molar-refractivity contribution in [2.24, 2.45) is 0 Å². The van der Waals surface area contributed by atoms with Crippen LogP contribution in [-0.2, 0) is 15.9 Å². The second-order valence-electron chi connectivity index (χ2n) is 8.91. The Morgan fingerprint density at radius 3 is 2.14 bits per heavy atom. The van der Waals surface area contributed by atoms with Gasteiger partial charge in [0.05, 0.1) is 5.52 Å². The van der Waals surface area contributed by atoms with E-state index in [2.05, 4.69) is 22.4 Å². The normalized spacial score (nSPS) is 13.1. The van der Waals surface area contributed by atoms with Crippen molar-refractivity contribution in [3.05, 3.63) is 120 Å². The summed E-state index contributed by atoms with van der Waals surface area (Å²) in [6.07, 6.45) is -1.86. The van der Waals surface area contributed by atoms with Crippen LogP contribution in [0.3, 0.4) is 0 Å². The van der Waals surface area contributed by atoms with Gasteiger partial charge in [-0.1, -0.05) is 96.2 Å². The zero-order valence-corrected chi connectivity index (χ0v) is 19.9. The third kappa shape index (κ3) is 4.36. The molecule has 0 fully saturated rings. The van der Waals surface area contributed by atoms with Crippen LogP contribution in [0.1, 0.15) is 27.4 Å². The van der Waals surface area contributed by atoms with E-state index in [9.17, 15) is 9.59 Å². The smallest absolute Gasteiger partial charge is 0.433 e. The quantitative estimate of drug-likeness (QED) is 0.287. The Kier molecular flexibility index (Phi) is 5.94. The van der Waals surface area contributed by atoms with E-state index in [1.165, 1.54) is 4.68 Å². The lowest BCUT2D eigenvalue weighted by Gasteiger charge is -2.18. The van der Waals surface area contributed by atoms with Crippen molar-refractivity contribution >= 4 is 23.1 Å². The summed E-state index contributed by atoms with van der Waals surface area (Å²) in [7, 11) is 0. The summed E-state index contributed by atoms with van der Waals surface area (Å²) in [5.74, 6) is -0.603. The second kappa shape index (κ2) is 9.70. The first-order chi connectivity index (χ1) is 18.2. The number of carbonyl (C=O) groups is 2. The number of carbonyl (C=O) groups excluding carboxylic acids is 2. The van der Waals surface area contributed by atoms with Crippen LogP contribution in [0, 0.1) is 0 Å². The molecule has 0 N–H and O–H groups in total. The maximum Gasteiger partial charge on any atom is 0.509 e. The van der Waals surface area contributed by atoms with Crippen LogP contribution < -0.4 is 0 Å². The second-order valence-corrected chi connectivity index (χ2v) is 8.91. The summed E-state index contributed by atoms with van der Waals surface area (Å²) >= 11 is 0. The van der Waals surface area contributed by atoms with Gasteiger partial charge in [0.25, 0.3) is 5.91 Å². The van der Waals surface area contributed by atoms with E-state index in [0.717, 1.165) is 27.8 Å². The molecule has 1 heterocycles. The molecule has 0 unspecified atom stereocenters. The molecule has 0 spiro atoms. The third-order valence-electron chi connectivity index (χ3n) is 6.67. The van der Waals surface area contributed by atoms with Crippen molar-refractivity contribution in [1.29, 1.82) is 0 Å². The first kappa shape index (κ1) is 22.7. The van der Waals surface area contributed by atoms with Gasteiger partial charge in [-0.15, -0.1) is 5.10 Å². The molecule has 0 aliphatic heterocycles. The molecule has 37 heavy (non-hydrogen) atoms. The van der Waals surface area contributed by atoms with Crippen molar-refractivity contribution < 1.29 is 19.1 Å². The molecular formula is C30H23N3O4. The molecule has 0 radical (unpaired) electrons. The summed E-state index contributed by atoms with van der Waals surface area (Å²) in [4.78, 5) is 26.4. The molecule has 1 aliphatic rings. The predicted octanol–water partition coefficient (Wildman–Crippen LogP) is 5.65. The SMILES string of the molecule is O=C(OCC1c2ccccc2-c2ccccc21)O[C@@H](Cc1ccccc1)C(=O)n1nnc2ccccc21. The van der Waals surface area contributed by atoms with Crippen LogP contribution >= 0.6 is 0 Å². The molecule has 5 aromatic rings. The van der Waals surface area contributed by atoms with E-state index >= 15 is 0 Å². The molecule has 182 valence electrons. The fourth-order valence-electron chi connectivity index (χ4n) is 4.92. The van der Waals surface area contributed by atoms with E-state index in [4.69, 9.17) is 9.47 Å². The summed E-state index contributed by atoms with van der Waals surface area (Å²) in [5, 5.41) is 8.07. The summed E-state index contributed by atoms with van der Waals surface area (Å²) < 4.78 is 12.4. The van der Waals surface area contributed by atoms with Gasteiger partial charge in [-0.2, -0.15) is 4.68 Å². The number of benzene rings is 4. The van der Waals surface area contributed by atoms with Gasteiger partial charge < -0.3 is 9.47 Å². The lowest BCUT2D eigenvalue weighted by Crippen LogP contribution is -2.34. The number of hydrogen-bond acceptors (Lipinski definition) is 6. The molecular weight excluding hydrogens is 466 g/mol. The minimum atomic E-state index is -1.14. The molecule has 0 amide bonds. The lowest BCUT2D eigenvalue weighted by molar-refractivity contribution is 0.0169. The van der Waals surface area contributed by atoms with Gasteiger partial charge in [0.15, 0.2) is 6.10 Å². The highest BCUT2D eigenvalue weighted by molar-refractivity contribution is 5.92. The highest BCUT2D eigenvalue weighted by Gasteiger charge is 2.31. The Balaban J connectivity index is 1.22. The number of para-hydroxylation sites is 1. The van der Waals surface area contributed by atoms with Crippen LogP contribution in [0.15, 0.2) is 103 Å². The zero-order valence-electron chi connectivity index (χ0n) is 19.9. The number of nitrogens with zero attached hydrogens (tertiary/aromatic N) is 3. The van der Waals surface area contributed by atoms with Crippen molar-refractivity contribution in [1.82, 2.24) is 15.0 Å². The molecule has 1 aliphatic carbocycles. The number of fused-ring (bicyclic) bond motifs is 4. The van der Waals surface area contributed by atoms with Crippen molar-refractivity contribution in [3.8, 4) is 11.1 Å². The average molecular weight is 490 g/mol. The standard InChI is InChI=1S/C30H23N3O4/c34-29(33-27-17-9-8-16-26(27)31-32-33)28(18-20-10-2-1-3-11-20)37-30(35)36-19-25-23-14-6-4-12-21(23)22-13-5-7-15-24(22)25/h1-17,25,28H,18-19H2/t28-/m0/s1. The van der Waals surface area contributed by atoms with Crippen LogP contribution in [-0.4, -0.2) is 39.8 Å². The topological polar surface area (TPSA) is 83.3 Å². The van der Waals surface area contributed by atoms with Crippen molar-refractivity contribution in [3.63, 3.8) is 0 Å². The Hall–Kier alpha value is -4.78. The highest BCUT2D eigenvalue weighted by atomic mass is 16.7. The molecule has 4 aromatic carbocycles. The molecule has 0 saturated heterocycles. The first-order valence-electron chi connectivity index (χ1n) is 12.1. The lowest BCUT2D eigenvalue weighted by atomic mass is 9.98. The molecule has 0 bridgehead atoms. The minimum absolute atomic E-state index is 0.103. The molecule has 7 heteroatoms. The molecule has 1 aromatic heterocycles. The molecule has 7 nitrogen and oxygen atoms in total. The van der Waals surface area contributed by atoms with E-state index in [-0.39, 0.29) is 18.9 Å². The fourth-order valence-corrected chi connectivity index (χ4v) is 4.92. The Morgan fingerprint density at radius 1 is 0.784 bits per heavy atom. The minimum Gasteiger partial charge on any atom is -0.433 e. The Bertz CT molecular complexity index is 1550. The Labute approximate surface area is 213 Å². The molecule has 0 saturated carbocycles. The third-order valence-corrected chi connectivity index (χ3v) is 6.67. The van der Waals surface area contributed by atoms with Gasteiger partial charge in [-0.3, -0.25) is 4.79 Å². The van der Waals surface area contributed by atoms with Gasteiger partial charge in [-0.05, 0) is 39.9 Å². The van der Waals surface area contributed by atoms with Gasteiger partial charge in [0.1, 0.15) is 12.1 Å². The highest BCUT2D eigenvalue weighted by Crippen LogP contribution is 2.44. The largest absolute Gasteiger partial charge is 0.509 e. The van der Waals surface area contributed by atoms with E-state index < -0.39 is 18.2 Å². The molecule has 6 rings (SSSR count). The zero-order chi connectivity index (χ0) is 25.2. The van der Waals surface area contributed by atoms with E-state index in [1.807, 2.05) is 72.8 Å². The van der Waals surface area contributed by atoms with Gasteiger partial charge >= 0.3 is 6.16 Å². The van der Waals surface area contributed by atoms with Crippen LogP contribution in [0.4, 0.5) is 4.79 Å². The summed E-state index contributed by atoms with van der Waals surface area (Å²) in [6.45, 7) is 0.103. The van der Waals surface area contributed by atoms with Crippen molar-refractivity contribution in [2.45, 2.75) is 18.4 Å². The fraction of sp³-hybridized carbons (Fsp3) is 0.133. The van der Waals surface area contributed by atoms with E-state index in [1.54, 1.807) is 18.2 Å². The van der Waals surface area contributed by atoms with Gasteiger partial charge in [-0.25, -0.2) is 4.79 Å². The first-order valence-corrected chi connectivity index (χ1v) is 12.1. The van der Waals surface area contributed by atoms with E-state index in [0.29, 0.717) is 11.0 Å². The van der Waals surface area contributed by atoms with Crippen molar-refractivity contribution in [2.75, 3.05) is 6.61 Å². The maximum absolute atomic E-state index is 13.5. The summed E-state index contributed by atoms with van der Waals surface area (Å²) in [5.41, 5.74) is 6.43. The van der Waals surface area contributed by atoms with Gasteiger partial charge in [0.2, 0.25) is 0 Å². The van der Waals surface area contributed by atoms with Crippen LogP contribution in [0.25, 0.3) is 22.2 Å². The van der Waals surface area contributed by atoms with Crippen LogP contribution in [0.2, 0.25) is 0 Å². The monoisotopic (exact) mass is 489 g/mol. The van der Waals surface area contributed by atoms with Gasteiger partial charge in [0, 0.05) is 12.3 Å². The summed E-state index contributed by atoms with van der Waals surface area (Å²) in [6, 6.07) is 32.7. The molecule has 1 atom stereocenters. The Morgan fingerprint density at radius 2 is 1.41 bits per heavy atom. The number of hydrogen-bond donors (Lipinski definition) is 0.